The first-order valence-corrected chi connectivity index (χ1v) is 6.69. The Balaban J connectivity index is 1.87. The van der Waals surface area contributed by atoms with E-state index < -0.39 is 0 Å². The van der Waals surface area contributed by atoms with Crippen LogP contribution < -0.4 is 10.5 Å². The van der Waals surface area contributed by atoms with E-state index in [2.05, 4.69) is 0 Å². The summed E-state index contributed by atoms with van der Waals surface area (Å²) in [4.78, 5) is 0.411. The van der Waals surface area contributed by atoms with Crippen molar-refractivity contribution in [3.05, 3.63) is 65.2 Å². The lowest BCUT2D eigenvalue weighted by Crippen LogP contribution is -2.09. The van der Waals surface area contributed by atoms with Gasteiger partial charge in [-0.3, -0.25) is 0 Å². The van der Waals surface area contributed by atoms with Crippen LogP contribution in [-0.4, -0.2) is 12.1 Å². The number of thiocarbonyl (C=S) groups is 1. The predicted octanol–water partition coefficient (Wildman–Crippen LogP) is 3.05. The molecule has 0 bridgehead atoms. The Labute approximate surface area is 124 Å². The number of hydrogen-bond acceptors (Lipinski definition) is 3. The molecule has 20 heavy (non-hydrogen) atoms. The van der Waals surface area contributed by atoms with Crippen molar-refractivity contribution in [2.24, 2.45) is 5.73 Å². The van der Waals surface area contributed by atoms with Crippen molar-refractivity contribution in [3.8, 4) is 5.75 Å². The zero-order valence-corrected chi connectivity index (χ0v) is 12.2. The fourth-order valence-corrected chi connectivity index (χ4v) is 1.95. The van der Waals surface area contributed by atoms with Crippen molar-refractivity contribution in [2.45, 2.75) is 13.2 Å². The van der Waals surface area contributed by atoms with Crippen molar-refractivity contribution in [2.75, 3.05) is 7.11 Å². The molecule has 3 nitrogen and oxygen atoms in total. The molecule has 0 aromatic heterocycles. The van der Waals surface area contributed by atoms with Gasteiger partial charge in [-0.15, -0.1) is 0 Å². The van der Waals surface area contributed by atoms with E-state index in [-0.39, 0.29) is 0 Å². The van der Waals surface area contributed by atoms with Crippen LogP contribution in [0, 0.1) is 0 Å². The van der Waals surface area contributed by atoms with Crippen LogP contribution in [0.3, 0.4) is 0 Å². The van der Waals surface area contributed by atoms with Gasteiger partial charge in [0.1, 0.15) is 10.7 Å². The van der Waals surface area contributed by atoms with Crippen LogP contribution in [0.15, 0.2) is 48.5 Å². The molecule has 0 aliphatic rings. The van der Waals surface area contributed by atoms with Gasteiger partial charge in [0, 0.05) is 5.56 Å². The number of methoxy groups -OCH3 is 1. The first kappa shape index (κ1) is 14.5. The largest absolute Gasteiger partial charge is 0.497 e. The zero-order valence-electron chi connectivity index (χ0n) is 11.3. The van der Waals surface area contributed by atoms with Crippen molar-refractivity contribution >= 4 is 17.2 Å². The molecule has 0 aliphatic heterocycles. The third kappa shape index (κ3) is 4.05. The summed E-state index contributed by atoms with van der Waals surface area (Å²) in [5.41, 5.74) is 8.61. The highest BCUT2D eigenvalue weighted by atomic mass is 32.1. The molecule has 0 fully saturated rings. The number of hydrogen-bond donors (Lipinski definition) is 1. The Morgan fingerprint density at radius 3 is 2.40 bits per heavy atom. The lowest BCUT2D eigenvalue weighted by atomic mass is 10.1. The van der Waals surface area contributed by atoms with E-state index in [0.29, 0.717) is 18.2 Å². The van der Waals surface area contributed by atoms with E-state index in [1.54, 1.807) is 7.11 Å². The SMILES string of the molecule is COc1cccc(COCc2ccc(C(N)=S)cc2)c1. The lowest BCUT2D eigenvalue weighted by molar-refractivity contribution is 0.107. The minimum Gasteiger partial charge on any atom is -0.497 e. The maximum atomic E-state index is 5.69. The van der Waals surface area contributed by atoms with Crippen LogP contribution in [0.5, 0.6) is 5.75 Å². The summed E-state index contributed by atoms with van der Waals surface area (Å²) in [5.74, 6) is 0.840. The van der Waals surface area contributed by atoms with Gasteiger partial charge < -0.3 is 15.2 Å². The molecule has 4 heteroatoms. The Morgan fingerprint density at radius 1 is 1.05 bits per heavy atom. The van der Waals surface area contributed by atoms with Gasteiger partial charge in [-0.25, -0.2) is 0 Å². The van der Waals surface area contributed by atoms with Crippen molar-refractivity contribution in [3.63, 3.8) is 0 Å². The average Bonchev–Trinajstić information content (AvgIpc) is 2.48. The van der Waals surface area contributed by atoms with E-state index in [1.807, 2.05) is 48.5 Å². The molecule has 0 amide bonds. The van der Waals surface area contributed by atoms with Gasteiger partial charge in [-0.1, -0.05) is 48.6 Å². The number of ether oxygens (including phenoxy) is 2. The molecule has 2 aromatic rings. The topological polar surface area (TPSA) is 44.5 Å². The average molecular weight is 287 g/mol. The normalized spacial score (nSPS) is 10.2. The van der Waals surface area contributed by atoms with Gasteiger partial charge >= 0.3 is 0 Å². The fraction of sp³-hybridized carbons (Fsp3) is 0.188. The standard InChI is InChI=1S/C16H17NO2S/c1-18-15-4-2-3-13(9-15)11-19-10-12-5-7-14(8-6-12)16(17)20/h2-9H,10-11H2,1H3,(H2,17,20). The third-order valence-electron chi connectivity index (χ3n) is 2.91. The summed E-state index contributed by atoms with van der Waals surface area (Å²) in [6.45, 7) is 1.10. The molecule has 0 heterocycles. The highest BCUT2D eigenvalue weighted by Gasteiger charge is 1.99. The molecule has 0 radical (unpaired) electrons. The van der Waals surface area contributed by atoms with E-state index >= 15 is 0 Å². The minimum absolute atomic E-state index is 0.411. The molecular formula is C16H17NO2S. The second-order valence-electron chi connectivity index (χ2n) is 4.41. The van der Waals surface area contributed by atoms with Crippen LogP contribution in [-0.2, 0) is 18.0 Å². The van der Waals surface area contributed by atoms with E-state index in [1.165, 1.54) is 0 Å². The van der Waals surface area contributed by atoms with Gasteiger partial charge in [0.25, 0.3) is 0 Å². The van der Waals surface area contributed by atoms with Crippen LogP contribution in [0.2, 0.25) is 0 Å². The predicted molar refractivity (Wildman–Crippen MR) is 83.8 cm³/mol. The van der Waals surface area contributed by atoms with Crippen LogP contribution in [0.1, 0.15) is 16.7 Å². The van der Waals surface area contributed by atoms with Crippen molar-refractivity contribution in [1.82, 2.24) is 0 Å². The van der Waals surface area contributed by atoms with Crippen LogP contribution >= 0.6 is 12.2 Å². The number of benzene rings is 2. The Morgan fingerprint density at radius 2 is 1.75 bits per heavy atom. The monoisotopic (exact) mass is 287 g/mol. The summed E-state index contributed by atoms with van der Waals surface area (Å²) in [7, 11) is 1.66. The molecule has 104 valence electrons. The second-order valence-corrected chi connectivity index (χ2v) is 4.85. The summed E-state index contributed by atoms with van der Waals surface area (Å²) in [5, 5.41) is 0. The highest BCUT2D eigenvalue weighted by molar-refractivity contribution is 7.80. The molecule has 0 spiro atoms. The van der Waals surface area contributed by atoms with Crippen molar-refractivity contribution in [1.29, 1.82) is 0 Å². The molecule has 0 saturated heterocycles. The van der Waals surface area contributed by atoms with Gasteiger partial charge in [-0.2, -0.15) is 0 Å². The zero-order chi connectivity index (χ0) is 14.4. The molecular weight excluding hydrogens is 270 g/mol. The maximum absolute atomic E-state index is 5.69. The Hall–Kier alpha value is -1.91. The first-order chi connectivity index (χ1) is 9.69. The number of rotatable bonds is 6. The summed E-state index contributed by atoms with van der Waals surface area (Å²) >= 11 is 4.92. The quantitative estimate of drug-likeness (QED) is 0.829. The molecule has 0 unspecified atom stereocenters. The minimum atomic E-state index is 0.411. The van der Waals surface area contributed by atoms with E-state index in [9.17, 15) is 0 Å². The van der Waals surface area contributed by atoms with Crippen LogP contribution in [0.25, 0.3) is 0 Å². The van der Waals surface area contributed by atoms with Gasteiger partial charge in [0.2, 0.25) is 0 Å². The molecule has 2 aromatic carbocycles. The smallest absolute Gasteiger partial charge is 0.119 e. The lowest BCUT2D eigenvalue weighted by Gasteiger charge is -2.07. The molecule has 2 N–H and O–H groups in total. The maximum Gasteiger partial charge on any atom is 0.119 e. The summed E-state index contributed by atoms with van der Waals surface area (Å²) in [6.07, 6.45) is 0. The molecule has 0 atom stereocenters. The van der Waals surface area contributed by atoms with Gasteiger partial charge in [-0.05, 0) is 23.3 Å². The molecule has 2 rings (SSSR count). The third-order valence-corrected chi connectivity index (χ3v) is 3.15. The van der Waals surface area contributed by atoms with Crippen LogP contribution in [0.4, 0.5) is 0 Å². The second kappa shape index (κ2) is 7.03. The molecule has 0 aliphatic carbocycles. The summed E-state index contributed by atoms with van der Waals surface area (Å²) < 4.78 is 10.9. The van der Waals surface area contributed by atoms with Gasteiger partial charge in [0.05, 0.1) is 20.3 Å². The summed E-state index contributed by atoms with van der Waals surface area (Å²) in [6, 6.07) is 15.6. The highest BCUT2D eigenvalue weighted by Crippen LogP contribution is 2.14. The number of nitrogens with two attached hydrogens (primary N) is 1. The van der Waals surface area contributed by atoms with E-state index in [0.717, 1.165) is 22.4 Å². The fourth-order valence-electron chi connectivity index (χ4n) is 1.81. The van der Waals surface area contributed by atoms with E-state index in [4.69, 9.17) is 27.4 Å². The molecule has 0 saturated carbocycles. The Kier molecular flexibility index (Phi) is 5.09. The van der Waals surface area contributed by atoms with Gasteiger partial charge in [0.15, 0.2) is 0 Å². The first-order valence-electron chi connectivity index (χ1n) is 6.28. The van der Waals surface area contributed by atoms with Crippen molar-refractivity contribution < 1.29 is 9.47 Å². The Bertz CT molecular complexity index is 581.